The number of carboxylic acid groups (broad SMARTS) is 1. The molecule has 114 valence electrons. The van der Waals surface area contributed by atoms with Crippen molar-refractivity contribution in [3.63, 3.8) is 0 Å². The van der Waals surface area contributed by atoms with E-state index < -0.39 is 11.9 Å². The fourth-order valence-electron chi connectivity index (χ4n) is 2.02. The Kier molecular flexibility index (Phi) is 3.88. The summed E-state index contributed by atoms with van der Waals surface area (Å²) in [6.45, 7) is 0. The maximum atomic E-state index is 11.5. The lowest BCUT2D eigenvalue weighted by Gasteiger charge is -2.03. The minimum atomic E-state index is -1.42. The Labute approximate surface area is 131 Å². The quantitative estimate of drug-likeness (QED) is 0.741. The van der Waals surface area contributed by atoms with Crippen LogP contribution in [0.2, 0.25) is 0 Å². The van der Waals surface area contributed by atoms with Crippen LogP contribution >= 0.6 is 0 Å². The second-order valence-electron chi connectivity index (χ2n) is 4.71. The van der Waals surface area contributed by atoms with E-state index in [-0.39, 0.29) is 0 Å². The van der Waals surface area contributed by atoms with Gasteiger partial charge in [0.1, 0.15) is 5.52 Å². The number of anilines is 1. The number of rotatable bonds is 4. The van der Waals surface area contributed by atoms with Gasteiger partial charge in [0.05, 0.1) is 5.97 Å². The van der Waals surface area contributed by atoms with Crippen LogP contribution in [0, 0.1) is 0 Å². The van der Waals surface area contributed by atoms with Crippen LogP contribution in [-0.2, 0) is 9.59 Å². The molecular weight excluding hydrogens is 296 g/mol. The average Bonchev–Trinajstić information content (AvgIpc) is 2.97. The van der Waals surface area contributed by atoms with Gasteiger partial charge in [0.15, 0.2) is 5.58 Å². The van der Waals surface area contributed by atoms with Gasteiger partial charge in [0.2, 0.25) is 11.8 Å². The molecule has 0 aliphatic carbocycles. The molecule has 0 unspecified atom stereocenters. The van der Waals surface area contributed by atoms with Gasteiger partial charge < -0.3 is 19.6 Å². The zero-order chi connectivity index (χ0) is 16.2. The molecule has 0 bridgehead atoms. The number of carboxylic acids is 1. The molecule has 0 spiro atoms. The molecule has 0 aliphatic heterocycles. The van der Waals surface area contributed by atoms with Gasteiger partial charge in [0, 0.05) is 17.3 Å². The van der Waals surface area contributed by atoms with Gasteiger partial charge in [-0.1, -0.05) is 12.1 Å². The standard InChI is InChI=1S/C17H12N2O4/c20-15(9-10-16(21)22)18-12-7-5-11(6-8-12)17-19-13-3-1-2-4-14(13)23-17/h1-10H,(H,18,20)(H,21,22)/p-1/b10-9+. The van der Waals surface area contributed by atoms with Crippen molar-refractivity contribution in [1.82, 2.24) is 4.98 Å². The van der Waals surface area contributed by atoms with E-state index >= 15 is 0 Å². The molecule has 3 rings (SSSR count). The largest absolute Gasteiger partial charge is 0.545 e. The van der Waals surface area contributed by atoms with E-state index in [1.54, 1.807) is 24.3 Å². The summed E-state index contributed by atoms with van der Waals surface area (Å²) in [5.41, 5.74) is 2.77. The molecule has 6 heteroatoms. The molecule has 23 heavy (non-hydrogen) atoms. The van der Waals surface area contributed by atoms with Crippen molar-refractivity contribution in [2.24, 2.45) is 0 Å². The number of benzene rings is 2. The van der Waals surface area contributed by atoms with Crippen LogP contribution in [0.4, 0.5) is 5.69 Å². The Morgan fingerprint density at radius 3 is 2.48 bits per heavy atom. The molecule has 2 aromatic carbocycles. The first-order chi connectivity index (χ1) is 11.1. The lowest BCUT2D eigenvalue weighted by molar-refractivity contribution is -0.297. The molecule has 0 saturated heterocycles. The second-order valence-corrected chi connectivity index (χ2v) is 4.71. The molecule has 0 fully saturated rings. The van der Waals surface area contributed by atoms with Crippen molar-refractivity contribution in [3.05, 3.63) is 60.7 Å². The summed E-state index contributed by atoms with van der Waals surface area (Å²) in [5.74, 6) is -1.49. The number of para-hydroxylation sites is 2. The Hall–Kier alpha value is -3.41. The zero-order valence-electron chi connectivity index (χ0n) is 11.9. The molecule has 1 N–H and O–H groups in total. The van der Waals surface area contributed by atoms with E-state index in [1.807, 2.05) is 24.3 Å². The summed E-state index contributed by atoms with van der Waals surface area (Å²) >= 11 is 0. The number of amides is 1. The van der Waals surface area contributed by atoms with Crippen LogP contribution < -0.4 is 10.4 Å². The normalized spacial score (nSPS) is 11.0. The number of carbonyl (C=O) groups is 2. The highest BCUT2D eigenvalue weighted by atomic mass is 16.4. The van der Waals surface area contributed by atoms with E-state index in [2.05, 4.69) is 10.3 Å². The van der Waals surface area contributed by atoms with Crippen LogP contribution in [0.1, 0.15) is 0 Å². The Morgan fingerprint density at radius 1 is 1.04 bits per heavy atom. The predicted molar refractivity (Wildman–Crippen MR) is 82.2 cm³/mol. The number of nitrogens with zero attached hydrogens (tertiary/aromatic N) is 1. The molecule has 0 radical (unpaired) electrons. The highest BCUT2D eigenvalue weighted by molar-refractivity contribution is 6.02. The van der Waals surface area contributed by atoms with E-state index in [9.17, 15) is 14.7 Å². The number of hydrogen-bond donors (Lipinski definition) is 1. The topological polar surface area (TPSA) is 95.3 Å². The molecular formula is C17H11N2O4-. The lowest BCUT2D eigenvalue weighted by Crippen LogP contribution is -2.20. The van der Waals surface area contributed by atoms with Gasteiger partial charge in [0.25, 0.3) is 0 Å². The average molecular weight is 307 g/mol. The number of aliphatic carboxylic acids is 1. The SMILES string of the molecule is O=C([O-])/C=C/C(=O)Nc1ccc(-c2nc3ccccc3o2)cc1. The van der Waals surface area contributed by atoms with Gasteiger partial charge >= 0.3 is 0 Å². The van der Waals surface area contributed by atoms with Gasteiger partial charge in [-0.05, 0) is 42.5 Å². The summed E-state index contributed by atoms with van der Waals surface area (Å²) in [6, 6.07) is 14.3. The number of fused-ring (bicyclic) bond motifs is 1. The highest BCUT2D eigenvalue weighted by Gasteiger charge is 2.07. The summed E-state index contributed by atoms with van der Waals surface area (Å²) in [6.07, 6.45) is 1.56. The maximum absolute atomic E-state index is 11.5. The number of hydrogen-bond acceptors (Lipinski definition) is 5. The van der Waals surface area contributed by atoms with Crippen LogP contribution in [0.25, 0.3) is 22.6 Å². The third kappa shape index (κ3) is 3.44. The predicted octanol–water partition coefficient (Wildman–Crippen LogP) is 1.74. The van der Waals surface area contributed by atoms with Crippen LogP contribution in [0.5, 0.6) is 0 Å². The second kappa shape index (κ2) is 6.15. The first-order valence-corrected chi connectivity index (χ1v) is 6.78. The first kappa shape index (κ1) is 14.5. The van der Waals surface area contributed by atoms with Crippen LogP contribution in [0.3, 0.4) is 0 Å². The van der Waals surface area contributed by atoms with E-state index in [0.717, 1.165) is 17.2 Å². The van der Waals surface area contributed by atoms with Crippen molar-refractivity contribution in [3.8, 4) is 11.5 Å². The van der Waals surface area contributed by atoms with Crippen molar-refractivity contribution < 1.29 is 19.1 Å². The lowest BCUT2D eigenvalue weighted by atomic mass is 10.2. The van der Waals surface area contributed by atoms with Crippen molar-refractivity contribution in [1.29, 1.82) is 0 Å². The van der Waals surface area contributed by atoms with Crippen LogP contribution in [-0.4, -0.2) is 16.9 Å². The molecule has 6 nitrogen and oxygen atoms in total. The Balaban J connectivity index is 1.76. The molecule has 0 aliphatic rings. The van der Waals surface area contributed by atoms with E-state index in [1.165, 1.54) is 0 Å². The molecule has 0 saturated carbocycles. The minimum Gasteiger partial charge on any atom is -0.545 e. The number of carbonyl (C=O) groups excluding carboxylic acids is 2. The molecule has 0 atom stereocenters. The first-order valence-electron chi connectivity index (χ1n) is 6.78. The summed E-state index contributed by atoms with van der Waals surface area (Å²) in [5, 5.41) is 12.8. The van der Waals surface area contributed by atoms with Gasteiger partial charge in [-0.3, -0.25) is 4.79 Å². The third-order valence-electron chi connectivity index (χ3n) is 3.06. The molecule has 1 aromatic heterocycles. The van der Waals surface area contributed by atoms with Gasteiger partial charge in [-0.25, -0.2) is 4.98 Å². The number of aromatic nitrogens is 1. The van der Waals surface area contributed by atoms with Crippen molar-refractivity contribution in [2.45, 2.75) is 0 Å². The summed E-state index contributed by atoms with van der Waals surface area (Å²) in [7, 11) is 0. The zero-order valence-corrected chi connectivity index (χ0v) is 11.9. The molecule has 1 heterocycles. The fraction of sp³-hybridized carbons (Fsp3) is 0. The van der Waals surface area contributed by atoms with Crippen molar-refractivity contribution >= 4 is 28.7 Å². The third-order valence-corrected chi connectivity index (χ3v) is 3.06. The summed E-state index contributed by atoms with van der Waals surface area (Å²) in [4.78, 5) is 26.1. The van der Waals surface area contributed by atoms with Gasteiger partial charge in [-0.2, -0.15) is 0 Å². The molecule has 1 amide bonds. The smallest absolute Gasteiger partial charge is 0.248 e. The monoisotopic (exact) mass is 307 g/mol. The minimum absolute atomic E-state index is 0.487. The van der Waals surface area contributed by atoms with Crippen LogP contribution in [0.15, 0.2) is 65.1 Å². The van der Waals surface area contributed by atoms with Gasteiger partial charge in [-0.15, -0.1) is 0 Å². The summed E-state index contributed by atoms with van der Waals surface area (Å²) < 4.78 is 5.66. The highest BCUT2D eigenvalue weighted by Crippen LogP contribution is 2.25. The maximum Gasteiger partial charge on any atom is 0.248 e. The fourth-order valence-corrected chi connectivity index (χ4v) is 2.02. The van der Waals surface area contributed by atoms with E-state index in [0.29, 0.717) is 23.2 Å². The Morgan fingerprint density at radius 2 is 1.78 bits per heavy atom. The Bertz CT molecular complexity index is 861. The number of oxazole rings is 1. The van der Waals surface area contributed by atoms with Crippen molar-refractivity contribution in [2.75, 3.05) is 5.32 Å². The molecule has 3 aromatic rings. The van der Waals surface area contributed by atoms with E-state index in [4.69, 9.17) is 4.42 Å². The number of nitrogens with one attached hydrogen (secondary N) is 1.